The molecule has 2 unspecified atom stereocenters. The Labute approximate surface area is 169 Å². The van der Waals surface area contributed by atoms with E-state index in [0.717, 1.165) is 61.1 Å². The van der Waals surface area contributed by atoms with Crippen molar-refractivity contribution in [2.45, 2.75) is 38.1 Å². The van der Waals surface area contributed by atoms with Crippen LogP contribution in [0.25, 0.3) is 5.70 Å². The summed E-state index contributed by atoms with van der Waals surface area (Å²) in [5.74, 6) is -0.816. The van der Waals surface area contributed by atoms with Gasteiger partial charge in [-0.25, -0.2) is 13.8 Å². The van der Waals surface area contributed by atoms with Gasteiger partial charge in [0.2, 0.25) is 0 Å². The fraction of sp³-hybridized carbons (Fsp3) is 0.348. The van der Waals surface area contributed by atoms with Crippen molar-refractivity contribution < 1.29 is 8.78 Å². The van der Waals surface area contributed by atoms with Gasteiger partial charge < -0.3 is 14.4 Å². The number of benzene rings is 1. The van der Waals surface area contributed by atoms with Gasteiger partial charge in [-0.1, -0.05) is 6.42 Å². The minimum atomic E-state index is -0.489. The van der Waals surface area contributed by atoms with E-state index in [1.54, 1.807) is 0 Å². The average molecular weight is 394 g/mol. The second-order valence-electron chi connectivity index (χ2n) is 8.10. The number of aryl methyl sites for hydroxylation is 1. The van der Waals surface area contributed by atoms with Gasteiger partial charge in [0.25, 0.3) is 0 Å². The second-order valence-corrected chi connectivity index (χ2v) is 8.10. The lowest BCUT2D eigenvalue weighted by Gasteiger charge is -2.40. The van der Waals surface area contributed by atoms with Crippen LogP contribution in [0.3, 0.4) is 0 Å². The first-order chi connectivity index (χ1) is 14.1. The number of nitrogens with zero attached hydrogens (tertiary/aromatic N) is 4. The Morgan fingerprint density at radius 2 is 1.76 bits per heavy atom. The lowest BCUT2D eigenvalue weighted by Crippen LogP contribution is -2.42. The third-order valence-electron chi connectivity index (χ3n) is 6.17. The molecule has 29 heavy (non-hydrogen) atoms. The number of fused-ring (bicyclic) bond motifs is 1. The van der Waals surface area contributed by atoms with Crippen LogP contribution in [0.2, 0.25) is 0 Å². The molecule has 0 N–H and O–H groups in total. The number of hydrogen-bond donors (Lipinski definition) is 0. The van der Waals surface area contributed by atoms with Gasteiger partial charge in [-0.3, -0.25) is 0 Å². The van der Waals surface area contributed by atoms with E-state index in [1.165, 1.54) is 12.1 Å². The van der Waals surface area contributed by atoms with E-state index in [1.807, 2.05) is 24.0 Å². The topological polar surface area (TPSA) is 24.3 Å². The summed E-state index contributed by atoms with van der Waals surface area (Å²) in [5, 5.41) is 0. The zero-order chi connectivity index (χ0) is 20.0. The van der Waals surface area contributed by atoms with Crippen LogP contribution in [-0.2, 0) is 0 Å². The van der Waals surface area contributed by atoms with Crippen LogP contribution in [0, 0.1) is 18.6 Å². The molecule has 5 rings (SSSR count). The molecular formula is C23H24F2N4. The highest BCUT2D eigenvalue weighted by molar-refractivity contribution is 5.61. The summed E-state index contributed by atoms with van der Waals surface area (Å²) in [5.41, 5.74) is 4.01. The van der Waals surface area contributed by atoms with Crippen LogP contribution in [0.15, 0.2) is 61.0 Å². The average Bonchev–Trinajstić information content (AvgIpc) is 3.35. The van der Waals surface area contributed by atoms with Crippen LogP contribution < -0.4 is 0 Å². The van der Waals surface area contributed by atoms with E-state index in [4.69, 9.17) is 0 Å². The van der Waals surface area contributed by atoms with E-state index < -0.39 is 11.6 Å². The van der Waals surface area contributed by atoms with Crippen LogP contribution >= 0.6 is 0 Å². The molecule has 0 amide bonds. The highest BCUT2D eigenvalue weighted by Crippen LogP contribution is 2.39. The largest absolute Gasteiger partial charge is 0.370 e. The van der Waals surface area contributed by atoms with E-state index in [0.29, 0.717) is 0 Å². The van der Waals surface area contributed by atoms with Crippen molar-refractivity contribution in [2.24, 2.45) is 0 Å². The maximum Gasteiger partial charge on any atom is 0.126 e. The molecule has 0 radical (unpaired) electrons. The number of hydrogen-bond acceptors (Lipinski definition) is 3. The molecule has 0 spiro atoms. The Morgan fingerprint density at radius 1 is 0.966 bits per heavy atom. The molecule has 0 saturated heterocycles. The number of aromatic nitrogens is 2. The first kappa shape index (κ1) is 18.2. The lowest BCUT2D eigenvalue weighted by atomic mass is 9.92. The van der Waals surface area contributed by atoms with E-state index in [9.17, 15) is 8.78 Å². The molecule has 1 saturated carbocycles. The Bertz CT molecular complexity index is 999. The van der Waals surface area contributed by atoms with Crippen molar-refractivity contribution in [1.82, 2.24) is 19.4 Å². The predicted molar refractivity (Wildman–Crippen MR) is 109 cm³/mol. The van der Waals surface area contributed by atoms with Crippen LogP contribution in [0.1, 0.15) is 36.4 Å². The van der Waals surface area contributed by atoms with Gasteiger partial charge in [0, 0.05) is 49.7 Å². The van der Waals surface area contributed by atoms with Crippen molar-refractivity contribution in [3.63, 3.8) is 0 Å². The zero-order valence-corrected chi connectivity index (χ0v) is 16.4. The standard InChI is InChI=1S/C23H24F2N4/c1-16-12-29(15-26-16)21-6-5-20-14-28(8-7-27(20)13-21)23-4-2-3-22(23)17-9-18(24)11-19(25)10-17/h5-6,9-15,22-23H,2-4,7-8H2,1H3. The molecule has 3 aliphatic rings. The summed E-state index contributed by atoms with van der Waals surface area (Å²) in [6.07, 6.45) is 15.5. The molecule has 150 valence electrons. The van der Waals surface area contributed by atoms with E-state index in [-0.39, 0.29) is 12.0 Å². The predicted octanol–water partition coefficient (Wildman–Crippen LogP) is 4.63. The molecule has 1 aromatic carbocycles. The van der Waals surface area contributed by atoms with Gasteiger partial charge in [0.15, 0.2) is 0 Å². The molecular weight excluding hydrogens is 370 g/mol. The van der Waals surface area contributed by atoms with Crippen LogP contribution in [-0.4, -0.2) is 38.5 Å². The van der Waals surface area contributed by atoms with Gasteiger partial charge >= 0.3 is 0 Å². The molecule has 2 aliphatic heterocycles. The lowest BCUT2D eigenvalue weighted by molar-refractivity contribution is 0.215. The molecule has 1 aromatic heterocycles. The first-order valence-corrected chi connectivity index (χ1v) is 10.2. The minimum absolute atomic E-state index is 0.163. The fourth-order valence-corrected chi connectivity index (χ4v) is 4.80. The van der Waals surface area contributed by atoms with E-state index in [2.05, 4.69) is 39.3 Å². The van der Waals surface area contributed by atoms with Gasteiger partial charge in [0.1, 0.15) is 11.6 Å². The second kappa shape index (κ2) is 7.17. The number of allylic oxidation sites excluding steroid dienone is 3. The summed E-state index contributed by atoms with van der Waals surface area (Å²) in [6.45, 7) is 3.76. The SMILES string of the molecule is Cc1cn(C2=CN3CCN(C4CCCC4c4cc(F)cc(F)c4)C=C3C=C2)cn1. The minimum Gasteiger partial charge on any atom is -0.370 e. The van der Waals surface area contributed by atoms with Crippen molar-refractivity contribution in [3.8, 4) is 0 Å². The summed E-state index contributed by atoms with van der Waals surface area (Å²) in [6, 6.07) is 4.23. The molecule has 6 heteroatoms. The van der Waals surface area contributed by atoms with Crippen molar-refractivity contribution in [2.75, 3.05) is 13.1 Å². The summed E-state index contributed by atoms with van der Waals surface area (Å²) < 4.78 is 29.5. The third kappa shape index (κ3) is 3.48. The fourth-order valence-electron chi connectivity index (χ4n) is 4.80. The molecule has 3 heterocycles. The molecule has 4 nitrogen and oxygen atoms in total. The van der Waals surface area contributed by atoms with Gasteiger partial charge in [-0.2, -0.15) is 0 Å². The Balaban J connectivity index is 1.37. The maximum absolute atomic E-state index is 13.8. The third-order valence-corrected chi connectivity index (χ3v) is 6.17. The van der Waals surface area contributed by atoms with Crippen molar-refractivity contribution in [1.29, 1.82) is 0 Å². The molecule has 2 aromatic rings. The first-order valence-electron chi connectivity index (χ1n) is 10.2. The van der Waals surface area contributed by atoms with Crippen LogP contribution in [0.5, 0.6) is 0 Å². The smallest absolute Gasteiger partial charge is 0.126 e. The number of rotatable bonds is 3. The quantitative estimate of drug-likeness (QED) is 0.758. The Kier molecular flexibility index (Phi) is 4.49. The summed E-state index contributed by atoms with van der Waals surface area (Å²) >= 11 is 0. The molecule has 1 aliphatic carbocycles. The Hall–Kier alpha value is -2.89. The van der Waals surface area contributed by atoms with Crippen LogP contribution in [0.4, 0.5) is 8.78 Å². The highest BCUT2D eigenvalue weighted by Gasteiger charge is 2.34. The summed E-state index contributed by atoms with van der Waals surface area (Å²) in [7, 11) is 0. The molecule has 1 fully saturated rings. The number of imidazole rings is 1. The van der Waals surface area contributed by atoms with Crippen molar-refractivity contribution in [3.05, 3.63) is 83.9 Å². The van der Waals surface area contributed by atoms with E-state index >= 15 is 0 Å². The highest BCUT2D eigenvalue weighted by atomic mass is 19.1. The Morgan fingerprint density at radius 3 is 2.52 bits per heavy atom. The molecule has 2 atom stereocenters. The number of halogens is 2. The zero-order valence-electron chi connectivity index (χ0n) is 16.4. The van der Waals surface area contributed by atoms with Gasteiger partial charge in [-0.15, -0.1) is 0 Å². The molecule has 0 bridgehead atoms. The monoisotopic (exact) mass is 394 g/mol. The van der Waals surface area contributed by atoms with Gasteiger partial charge in [-0.05, 0) is 49.6 Å². The maximum atomic E-state index is 13.8. The van der Waals surface area contributed by atoms with Gasteiger partial charge in [0.05, 0.1) is 23.4 Å². The van der Waals surface area contributed by atoms with Crippen molar-refractivity contribution >= 4 is 5.70 Å². The normalized spacial score (nSPS) is 23.8. The summed E-state index contributed by atoms with van der Waals surface area (Å²) in [4.78, 5) is 8.93.